The second kappa shape index (κ2) is 24.4. The van der Waals surface area contributed by atoms with E-state index in [1.54, 1.807) is 24.5 Å². The highest BCUT2D eigenvalue weighted by atomic mass is 32.2. The molecule has 5 aromatic rings. The molecule has 7 heterocycles. The zero-order valence-electron chi connectivity index (χ0n) is 33.7. The third-order valence-corrected chi connectivity index (χ3v) is 14.0. The lowest BCUT2D eigenvalue weighted by atomic mass is 9.73. The highest BCUT2D eigenvalue weighted by Gasteiger charge is 2.32. The van der Waals surface area contributed by atoms with Crippen LogP contribution in [0.1, 0.15) is 78.1 Å². The Kier molecular flexibility index (Phi) is 19.4. The number of nitrogens with zero attached hydrogens (tertiary/aromatic N) is 5. The number of pyridine rings is 4. The van der Waals surface area contributed by atoms with Gasteiger partial charge in [-0.3, -0.25) is 18.7 Å². The largest absolute Gasteiger partial charge is 0.373 e. The van der Waals surface area contributed by atoms with Crippen LogP contribution in [-0.2, 0) is 32.3 Å². The third kappa shape index (κ3) is 13.5. The van der Waals surface area contributed by atoms with E-state index in [-0.39, 0.29) is 23.4 Å². The van der Waals surface area contributed by atoms with E-state index in [4.69, 9.17) is 19.2 Å². The third-order valence-electron chi connectivity index (χ3n) is 11.9. The first-order valence-electron chi connectivity index (χ1n) is 20.2. The predicted molar refractivity (Wildman–Crippen MR) is 229 cm³/mol. The van der Waals surface area contributed by atoms with Gasteiger partial charge in [-0.05, 0) is 136 Å². The Bertz CT molecular complexity index is 2150. The lowest BCUT2D eigenvalue weighted by molar-refractivity contribution is -0.193. The molecule has 0 aliphatic carbocycles. The average molecular weight is 829 g/mol. The molecule has 0 saturated carbocycles. The summed E-state index contributed by atoms with van der Waals surface area (Å²) in [6.45, 7) is 12.0. The van der Waals surface area contributed by atoms with Gasteiger partial charge in [-0.1, -0.05) is 32.8 Å². The zero-order valence-corrected chi connectivity index (χ0v) is 35.4. The maximum absolute atomic E-state index is 12.4. The molecule has 2 aliphatic rings. The van der Waals surface area contributed by atoms with Gasteiger partial charge in [0, 0.05) is 60.7 Å². The molecule has 0 radical (unpaired) electrons. The number of rotatable bonds is 14. The van der Waals surface area contributed by atoms with E-state index >= 15 is 0 Å². The Morgan fingerprint density at radius 2 is 1.19 bits per heavy atom. The minimum absolute atomic E-state index is 0.0575. The number of piperidine rings is 2. The molecule has 14 heteroatoms. The van der Waals surface area contributed by atoms with Gasteiger partial charge in [0.05, 0.1) is 4.21 Å². The van der Waals surface area contributed by atoms with E-state index in [0.717, 1.165) is 61.1 Å². The molecule has 1 N–H and O–H groups in total. The van der Waals surface area contributed by atoms with Crippen LogP contribution in [0, 0.1) is 10.8 Å². The highest BCUT2D eigenvalue weighted by molar-refractivity contribution is 8.01. The molecule has 7 rings (SSSR count). The first-order valence-corrected chi connectivity index (χ1v) is 22.1. The topological polar surface area (TPSA) is 153 Å². The Balaban J connectivity index is 0.000000234. The first-order chi connectivity index (χ1) is 28.3. The van der Waals surface area contributed by atoms with E-state index in [1.165, 1.54) is 81.0 Å². The van der Waals surface area contributed by atoms with Gasteiger partial charge in [-0.2, -0.15) is 19.2 Å². The smallest absolute Gasteiger partial charge is 0.317 e. The van der Waals surface area contributed by atoms with Crippen LogP contribution >= 0.6 is 23.1 Å². The zero-order chi connectivity index (χ0) is 41.6. The summed E-state index contributed by atoms with van der Waals surface area (Å²) >= 11 is 3.82. The van der Waals surface area contributed by atoms with Crippen molar-refractivity contribution in [2.24, 2.45) is 10.8 Å². The lowest BCUT2D eigenvalue weighted by Gasteiger charge is -2.41. The summed E-state index contributed by atoms with van der Waals surface area (Å²) in [7, 11) is 0. The normalized spacial score (nSPS) is 15.7. The molecular formula is C44H56N6O6S2. The van der Waals surface area contributed by atoms with Crippen molar-refractivity contribution < 1.29 is 19.2 Å². The Morgan fingerprint density at radius 1 is 0.690 bits per heavy atom. The van der Waals surface area contributed by atoms with Crippen LogP contribution < -0.4 is 16.4 Å². The Morgan fingerprint density at radius 3 is 1.66 bits per heavy atom. The number of nitrogens with one attached hydrogen (secondary N) is 1. The number of carbonyl (C=O) groups excluding carboxylic acids is 4. The molecule has 0 aromatic carbocycles. The van der Waals surface area contributed by atoms with E-state index in [1.807, 2.05) is 68.6 Å². The number of aryl methyl sites for hydroxylation is 2. The van der Waals surface area contributed by atoms with Crippen LogP contribution in [0.25, 0.3) is 22.1 Å². The monoisotopic (exact) mass is 828 g/mol. The van der Waals surface area contributed by atoms with E-state index < -0.39 is 0 Å². The fourth-order valence-electron chi connectivity index (χ4n) is 8.29. The molecule has 58 heavy (non-hydrogen) atoms. The number of thioether (sulfide) groups is 1. The maximum atomic E-state index is 12.4. The van der Waals surface area contributed by atoms with Crippen molar-refractivity contribution in [2.75, 3.05) is 38.5 Å². The molecule has 0 unspecified atom stereocenters. The molecule has 2 aliphatic heterocycles. The predicted octanol–water partition coefficient (Wildman–Crippen LogP) is 7.31. The summed E-state index contributed by atoms with van der Waals surface area (Å²) in [6.07, 6.45) is 16.0. The standard InChI is InChI=1S/C24H31N3OS2.C18H25N3O.2CO2/c1-2-24(11-15-26(16-12-24)17-19-30-22-7-4-18-29-22)10-5-14-27-21(28)9-8-20-6-3-13-25-23(20)27;1-2-18(9-12-19-13-10-18)8-4-14-21-16(22)7-6-15-5-3-11-20-17(15)21;2*2-1-3/h3-4,6-9,13,18H,2,5,10-12,14-17,19H2,1H3;3,5-7,11,19H,2,4,8-10,12-14H2,1H3;;. The molecule has 0 spiro atoms. The van der Waals surface area contributed by atoms with Crippen molar-refractivity contribution in [3.8, 4) is 0 Å². The molecule has 2 saturated heterocycles. The molecule has 5 aromatic heterocycles. The number of aromatic nitrogens is 4. The second-order valence-electron chi connectivity index (χ2n) is 14.9. The van der Waals surface area contributed by atoms with Crippen LogP contribution in [0.3, 0.4) is 0 Å². The van der Waals surface area contributed by atoms with Crippen LogP contribution in [0.5, 0.6) is 0 Å². The fourth-order valence-corrected chi connectivity index (χ4v) is 10.1. The SMILES string of the molecule is CCC1(CCCn2c(=O)ccc3cccnc32)CCN(CCSc2cccs2)CC1.CCC1(CCCn2c(=O)ccc3cccnc32)CCNCC1.O=C=O.O=C=O. The van der Waals surface area contributed by atoms with Crippen LogP contribution in [0.2, 0.25) is 0 Å². The van der Waals surface area contributed by atoms with Gasteiger partial charge in [0.2, 0.25) is 0 Å². The van der Waals surface area contributed by atoms with E-state index in [2.05, 4.69) is 51.5 Å². The molecule has 2 fully saturated rings. The minimum Gasteiger partial charge on any atom is -0.317 e. The average Bonchev–Trinajstić information content (AvgIpc) is 3.78. The van der Waals surface area contributed by atoms with Crippen LogP contribution in [0.4, 0.5) is 0 Å². The van der Waals surface area contributed by atoms with Gasteiger partial charge < -0.3 is 10.2 Å². The van der Waals surface area contributed by atoms with Crippen molar-refractivity contribution in [2.45, 2.75) is 95.4 Å². The number of thiophene rings is 1. The van der Waals surface area contributed by atoms with E-state index in [9.17, 15) is 9.59 Å². The summed E-state index contributed by atoms with van der Waals surface area (Å²) in [5.74, 6) is 1.18. The quantitative estimate of drug-likeness (QED) is 0.112. The van der Waals surface area contributed by atoms with Crippen molar-refractivity contribution in [3.63, 3.8) is 0 Å². The lowest BCUT2D eigenvalue weighted by Crippen LogP contribution is -2.41. The summed E-state index contributed by atoms with van der Waals surface area (Å²) in [5.41, 5.74) is 2.64. The Labute approximate surface area is 348 Å². The van der Waals surface area contributed by atoms with E-state index in [0.29, 0.717) is 10.8 Å². The first kappa shape index (κ1) is 46.1. The molecule has 0 bridgehead atoms. The Hall–Kier alpha value is -4.55. The summed E-state index contributed by atoms with van der Waals surface area (Å²) < 4.78 is 5.11. The molecule has 0 atom stereocenters. The summed E-state index contributed by atoms with van der Waals surface area (Å²) in [4.78, 5) is 68.6. The van der Waals surface area contributed by atoms with Crippen molar-refractivity contribution >= 4 is 57.5 Å². The number of hydrogen-bond acceptors (Lipinski definition) is 12. The maximum Gasteiger partial charge on any atom is 0.373 e. The summed E-state index contributed by atoms with van der Waals surface area (Å²) in [5, 5.41) is 7.68. The molecule has 0 amide bonds. The van der Waals surface area contributed by atoms with Gasteiger partial charge in [0.1, 0.15) is 11.3 Å². The van der Waals surface area contributed by atoms with Crippen LogP contribution in [-0.4, -0.2) is 74.8 Å². The van der Waals surface area contributed by atoms with Crippen molar-refractivity contribution in [3.05, 3.63) is 99.1 Å². The van der Waals surface area contributed by atoms with Gasteiger partial charge in [-0.15, -0.1) is 23.1 Å². The van der Waals surface area contributed by atoms with Gasteiger partial charge in [0.15, 0.2) is 0 Å². The van der Waals surface area contributed by atoms with Gasteiger partial charge in [-0.25, -0.2) is 9.97 Å². The van der Waals surface area contributed by atoms with Crippen LogP contribution in [0.15, 0.2) is 92.2 Å². The second-order valence-corrected chi connectivity index (χ2v) is 17.3. The fraction of sp³-hybridized carbons (Fsp3) is 0.500. The minimum atomic E-state index is 0.0575. The molecule has 12 nitrogen and oxygen atoms in total. The number of likely N-dealkylation sites (tertiary alicyclic amines) is 1. The number of hydrogen-bond donors (Lipinski definition) is 1. The molecular weight excluding hydrogens is 773 g/mol. The van der Waals surface area contributed by atoms with Crippen molar-refractivity contribution in [1.29, 1.82) is 0 Å². The summed E-state index contributed by atoms with van der Waals surface area (Å²) in [6, 6.07) is 19.3. The highest BCUT2D eigenvalue weighted by Crippen LogP contribution is 2.40. The van der Waals surface area contributed by atoms with Gasteiger partial charge >= 0.3 is 12.3 Å². The number of fused-ring (bicyclic) bond motifs is 2. The molecule has 310 valence electrons. The van der Waals surface area contributed by atoms with Crippen molar-refractivity contribution in [1.82, 2.24) is 29.3 Å². The van der Waals surface area contributed by atoms with Gasteiger partial charge in [0.25, 0.3) is 11.1 Å².